The molecule has 0 aromatic heterocycles. The molecule has 16 heteroatoms. The molecule has 0 heterocycles. The molecule has 0 aliphatic rings. The van der Waals surface area contributed by atoms with Crippen LogP contribution in [-0.4, -0.2) is 49.9 Å². The van der Waals surface area contributed by atoms with Gasteiger partial charge in [0.15, 0.2) is 10.8 Å². The highest BCUT2D eigenvalue weighted by molar-refractivity contribution is 7.71. The van der Waals surface area contributed by atoms with Crippen LogP contribution in [0.3, 0.4) is 0 Å². The first kappa shape index (κ1) is 21.3. The van der Waals surface area contributed by atoms with Crippen LogP contribution in [0.25, 0.3) is 0 Å². The van der Waals surface area contributed by atoms with E-state index in [1.54, 1.807) is 0 Å². The molecule has 0 saturated heterocycles. The van der Waals surface area contributed by atoms with Crippen molar-refractivity contribution in [3.05, 3.63) is 12.2 Å². The second kappa shape index (κ2) is 6.84. The van der Waals surface area contributed by atoms with E-state index >= 15 is 0 Å². The predicted octanol–water partition coefficient (Wildman–Crippen LogP) is -0.704. The molecule has 0 fully saturated rings. The van der Waals surface area contributed by atoms with E-state index in [1.807, 2.05) is 0 Å². The third-order valence-electron chi connectivity index (χ3n) is 2.12. The second-order valence-electron chi connectivity index (χ2n) is 3.91. The van der Waals surface area contributed by atoms with Crippen molar-refractivity contribution < 1.29 is 57.4 Å². The lowest BCUT2D eigenvalue weighted by Gasteiger charge is -2.19. The topological polar surface area (TPSA) is 230 Å². The summed E-state index contributed by atoms with van der Waals surface area (Å²) in [6.45, 7) is 0. The zero-order valence-corrected chi connectivity index (χ0v) is 13.6. The van der Waals surface area contributed by atoms with Crippen molar-refractivity contribution >= 4 is 30.4 Å². The van der Waals surface area contributed by atoms with Crippen LogP contribution in [0, 0.1) is 0 Å². The zero-order chi connectivity index (χ0) is 17.3. The third kappa shape index (κ3) is 7.43. The first-order valence-electron chi connectivity index (χ1n) is 4.85. The van der Waals surface area contributed by atoms with E-state index in [0.29, 0.717) is 6.08 Å². The number of allylic oxidation sites excluding steroid dienone is 2. The van der Waals surface area contributed by atoms with Crippen LogP contribution in [0.15, 0.2) is 12.2 Å². The number of hydrogen-bond acceptors (Lipinski definition) is 4. The molecule has 12 nitrogen and oxygen atoms in total. The van der Waals surface area contributed by atoms with Gasteiger partial charge in [0.2, 0.25) is 0 Å². The molecule has 0 bridgehead atoms. The van der Waals surface area contributed by atoms with Gasteiger partial charge in [-0.25, -0.2) is 0 Å². The minimum atomic E-state index is -5.28. The van der Waals surface area contributed by atoms with Gasteiger partial charge in [0.1, 0.15) is 0 Å². The van der Waals surface area contributed by atoms with Crippen molar-refractivity contribution in [2.45, 2.75) is 17.2 Å². The first-order valence-corrected chi connectivity index (χ1v) is 11.6. The maximum atomic E-state index is 10.9. The summed E-state index contributed by atoms with van der Waals surface area (Å²) in [6, 6.07) is 0. The molecular formula is C5H14O12P4. The smallest absolute Gasteiger partial charge is 0.324 e. The SMILES string of the molecule is O=P(O)(O)C(/C=C/CC(P(=O)(O)O)P(=O)(O)O)P(=O)(O)O. The van der Waals surface area contributed by atoms with Crippen molar-refractivity contribution in [2.75, 3.05) is 0 Å². The van der Waals surface area contributed by atoms with Gasteiger partial charge < -0.3 is 39.1 Å². The Morgan fingerprint density at radius 3 is 1.24 bits per heavy atom. The van der Waals surface area contributed by atoms with E-state index in [4.69, 9.17) is 39.1 Å². The summed E-state index contributed by atoms with van der Waals surface area (Å²) in [4.78, 5) is 70.1. The highest BCUT2D eigenvalue weighted by Gasteiger charge is 2.44. The van der Waals surface area contributed by atoms with E-state index in [0.717, 1.165) is 0 Å². The Bertz CT molecular complexity index is 526. The summed E-state index contributed by atoms with van der Waals surface area (Å²) in [5.41, 5.74) is 0. The summed E-state index contributed by atoms with van der Waals surface area (Å²) in [5, 5.41) is -5.05. The quantitative estimate of drug-likeness (QED) is 0.199. The van der Waals surface area contributed by atoms with E-state index in [1.165, 1.54) is 0 Å². The summed E-state index contributed by atoms with van der Waals surface area (Å²) in [7, 11) is -21.0. The predicted molar refractivity (Wildman–Crippen MR) is 69.5 cm³/mol. The molecule has 0 atom stereocenters. The minimum absolute atomic E-state index is 0.278. The molecular weight excluding hydrogens is 376 g/mol. The lowest BCUT2D eigenvalue weighted by Crippen LogP contribution is -2.09. The van der Waals surface area contributed by atoms with Gasteiger partial charge in [0.05, 0.1) is 0 Å². The largest absolute Gasteiger partial charge is 0.344 e. The van der Waals surface area contributed by atoms with Crippen LogP contribution in [0.1, 0.15) is 6.42 Å². The van der Waals surface area contributed by atoms with Gasteiger partial charge in [-0.1, -0.05) is 12.2 Å². The fourth-order valence-corrected chi connectivity index (χ4v) is 5.83. The molecule has 0 radical (unpaired) electrons. The molecule has 0 amide bonds. The molecule has 0 unspecified atom stereocenters. The highest BCUT2D eigenvalue weighted by Crippen LogP contribution is 2.62. The molecule has 0 saturated carbocycles. The molecule has 0 aromatic rings. The van der Waals surface area contributed by atoms with Gasteiger partial charge in [0, 0.05) is 0 Å². The fourth-order valence-electron chi connectivity index (χ4n) is 1.21. The first-order chi connectivity index (χ1) is 8.97. The van der Waals surface area contributed by atoms with Crippen LogP contribution >= 0.6 is 30.4 Å². The Morgan fingerprint density at radius 2 is 1.00 bits per heavy atom. The Labute approximate surface area is 118 Å². The lowest BCUT2D eigenvalue weighted by molar-refractivity contribution is 0.338. The normalized spacial score (nSPS) is 15.3. The van der Waals surface area contributed by atoms with Gasteiger partial charge in [-0.15, -0.1) is 0 Å². The Kier molecular flexibility index (Phi) is 6.96. The van der Waals surface area contributed by atoms with Crippen molar-refractivity contribution in [2.24, 2.45) is 0 Å². The van der Waals surface area contributed by atoms with Crippen LogP contribution in [0.4, 0.5) is 0 Å². The molecule has 21 heavy (non-hydrogen) atoms. The van der Waals surface area contributed by atoms with Gasteiger partial charge in [0.25, 0.3) is 0 Å². The average Bonchev–Trinajstić information content (AvgIpc) is 2.07. The summed E-state index contributed by atoms with van der Waals surface area (Å²) in [6.07, 6.45) is -0.267. The standard InChI is InChI=1S/C5H14O12P4/c6-18(7,8)4(19(9,10)11)2-1-3-5(20(12,13)14)21(15,16)17/h1-2,4-5H,3H2,(H2,6,7,8)(H2,9,10,11)(H2,12,13,14)(H2,15,16,17)/b2-1+. The van der Waals surface area contributed by atoms with Gasteiger partial charge >= 0.3 is 30.4 Å². The summed E-state index contributed by atoms with van der Waals surface area (Å²) >= 11 is 0. The molecule has 126 valence electrons. The van der Waals surface area contributed by atoms with Crippen LogP contribution < -0.4 is 0 Å². The van der Waals surface area contributed by atoms with Gasteiger partial charge in [-0.2, -0.15) is 0 Å². The summed E-state index contributed by atoms with van der Waals surface area (Å²) in [5.74, 6) is 0. The number of hydrogen-bond donors (Lipinski definition) is 8. The Balaban J connectivity index is 5.37. The molecule has 0 aliphatic heterocycles. The molecule has 8 N–H and O–H groups in total. The molecule has 0 spiro atoms. The van der Waals surface area contributed by atoms with Crippen LogP contribution in [-0.2, 0) is 18.3 Å². The van der Waals surface area contributed by atoms with E-state index in [2.05, 4.69) is 0 Å². The molecule has 0 aliphatic carbocycles. The van der Waals surface area contributed by atoms with Gasteiger partial charge in [-0.05, 0) is 6.42 Å². The van der Waals surface area contributed by atoms with Gasteiger partial charge in [-0.3, -0.25) is 18.3 Å². The Morgan fingerprint density at radius 1 is 0.667 bits per heavy atom. The van der Waals surface area contributed by atoms with Crippen molar-refractivity contribution in [3.63, 3.8) is 0 Å². The lowest BCUT2D eigenvalue weighted by atomic mass is 10.4. The molecule has 0 rings (SSSR count). The molecule has 0 aromatic carbocycles. The zero-order valence-electron chi connectivity index (χ0n) is 10.0. The average molecular weight is 390 g/mol. The van der Waals surface area contributed by atoms with E-state index in [-0.39, 0.29) is 6.08 Å². The second-order valence-corrected chi connectivity index (χ2v) is 11.8. The fraction of sp³-hybridized carbons (Fsp3) is 0.600. The highest BCUT2D eigenvalue weighted by atomic mass is 31.2. The van der Waals surface area contributed by atoms with Crippen molar-refractivity contribution in [1.29, 1.82) is 0 Å². The van der Waals surface area contributed by atoms with E-state index < -0.39 is 47.6 Å². The van der Waals surface area contributed by atoms with Crippen LogP contribution in [0.5, 0.6) is 0 Å². The van der Waals surface area contributed by atoms with E-state index in [9.17, 15) is 18.3 Å². The maximum absolute atomic E-state index is 10.9. The third-order valence-corrected chi connectivity index (χ3v) is 9.43. The monoisotopic (exact) mass is 390 g/mol. The van der Waals surface area contributed by atoms with Crippen molar-refractivity contribution in [3.8, 4) is 0 Å². The maximum Gasteiger partial charge on any atom is 0.344 e. The Hall–Kier alpha value is 0.340. The summed E-state index contributed by atoms with van der Waals surface area (Å²) < 4.78 is 43.6. The minimum Gasteiger partial charge on any atom is -0.324 e. The van der Waals surface area contributed by atoms with Crippen molar-refractivity contribution in [1.82, 2.24) is 0 Å². The number of rotatable bonds is 7. The van der Waals surface area contributed by atoms with Crippen LogP contribution in [0.2, 0.25) is 0 Å².